The summed E-state index contributed by atoms with van der Waals surface area (Å²) in [4.78, 5) is 12.9. The predicted molar refractivity (Wildman–Crippen MR) is 198 cm³/mol. The van der Waals surface area contributed by atoms with Gasteiger partial charge in [-0.1, -0.05) is 148 Å². The van der Waals surface area contributed by atoms with Gasteiger partial charge in [0, 0.05) is 6.42 Å². The van der Waals surface area contributed by atoms with E-state index in [1.54, 1.807) is 0 Å². The van der Waals surface area contributed by atoms with Gasteiger partial charge in [-0.3, -0.25) is 4.79 Å². The maximum Gasteiger partial charge on any atom is 0.220 e. The first-order valence-corrected chi connectivity index (χ1v) is 20.4. The fraction of sp³-hybridized carbons (Fsp3) is 0.925. The molecule has 0 radical (unpaired) electrons. The van der Waals surface area contributed by atoms with E-state index in [4.69, 9.17) is 9.47 Å². The van der Waals surface area contributed by atoms with Crippen LogP contribution in [0.25, 0.3) is 0 Å². The van der Waals surface area contributed by atoms with Gasteiger partial charge in [0.1, 0.15) is 24.4 Å². The molecule has 1 saturated heterocycles. The van der Waals surface area contributed by atoms with E-state index in [0.29, 0.717) is 12.8 Å². The third-order valence-electron chi connectivity index (χ3n) is 9.87. The molecule has 290 valence electrons. The van der Waals surface area contributed by atoms with Gasteiger partial charge in [0.2, 0.25) is 5.91 Å². The summed E-state index contributed by atoms with van der Waals surface area (Å²) in [7, 11) is 0. The van der Waals surface area contributed by atoms with Crippen LogP contribution >= 0.6 is 0 Å². The normalized spacial score (nSPS) is 22.5. The van der Waals surface area contributed by atoms with E-state index in [1.807, 2.05) is 0 Å². The number of carbonyl (C=O) groups excluding carboxylic acids is 1. The van der Waals surface area contributed by atoms with E-state index >= 15 is 0 Å². The lowest BCUT2D eigenvalue weighted by molar-refractivity contribution is -0.302. The second kappa shape index (κ2) is 31.6. The molecule has 6 N–H and O–H groups in total. The van der Waals surface area contributed by atoms with Crippen molar-refractivity contribution in [3.8, 4) is 0 Å². The molecule has 1 fully saturated rings. The minimum atomic E-state index is -1.55. The Hall–Kier alpha value is -1.07. The van der Waals surface area contributed by atoms with Crippen LogP contribution in [-0.2, 0) is 14.3 Å². The summed E-state index contributed by atoms with van der Waals surface area (Å²) in [6, 6.07) is -0.720. The summed E-state index contributed by atoms with van der Waals surface area (Å²) in [5.74, 6) is -0.162. The summed E-state index contributed by atoms with van der Waals surface area (Å²) in [5, 5.41) is 54.1. The smallest absolute Gasteiger partial charge is 0.220 e. The third kappa shape index (κ3) is 23.2. The van der Waals surface area contributed by atoms with E-state index in [0.717, 1.165) is 51.4 Å². The summed E-state index contributed by atoms with van der Waals surface area (Å²) >= 11 is 0. The number of aliphatic hydroxyl groups is 5. The molecule has 0 saturated carbocycles. The molecule has 1 aliphatic rings. The van der Waals surface area contributed by atoms with Crippen molar-refractivity contribution >= 4 is 5.91 Å². The Morgan fingerprint density at radius 3 is 1.65 bits per heavy atom. The molecular formula is C40H77NO8. The minimum Gasteiger partial charge on any atom is -0.394 e. The second-order valence-corrected chi connectivity index (χ2v) is 14.4. The molecule has 1 aliphatic heterocycles. The summed E-state index contributed by atoms with van der Waals surface area (Å²) in [6.45, 7) is 3.79. The van der Waals surface area contributed by atoms with Crippen LogP contribution in [0.15, 0.2) is 12.2 Å². The number of carbonyl (C=O) groups is 1. The zero-order chi connectivity index (χ0) is 36.0. The fourth-order valence-corrected chi connectivity index (χ4v) is 6.51. The lowest BCUT2D eigenvalue weighted by atomic mass is 9.99. The van der Waals surface area contributed by atoms with Crippen LogP contribution in [0.1, 0.15) is 181 Å². The van der Waals surface area contributed by atoms with Gasteiger partial charge < -0.3 is 40.3 Å². The molecule has 1 rings (SSSR count). The van der Waals surface area contributed by atoms with Crippen LogP contribution in [-0.4, -0.2) is 87.5 Å². The molecule has 0 aliphatic carbocycles. The summed E-state index contributed by atoms with van der Waals surface area (Å²) in [5.41, 5.74) is 0. The molecule has 7 atom stereocenters. The Bertz CT molecular complexity index is 781. The van der Waals surface area contributed by atoms with E-state index in [1.165, 1.54) is 103 Å². The molecule has 0 aromatic carbocycles. The van der Waals surface area contributed by atoms with Crippen molar-refractivity contribution in [3.63, 3.8) is 0 Å². The topological polar surface area (TPSA) is 149 Å². The average molecular weight is 700 g/mol. The Morgan fingerprint density at radius 1 is 0.673 bits per heavy atom. The van der Waals surface area contributed by atoms with Crippen LogP contribution in [0.5, 0.6) is 0 Å². The van der Waals surface area contributed by atoms with Crippen LogP contribution in [0.4, 0.5) is 0 Å². The van der Waals surface area contributed by atoms with Crippen molar-refractivity contribution in [1.82, 2.24) is 5.32 Å². The largest absolute Gasteiger partial charge is 0.394 e. The lowest BCUT2D eigenvalue weighted by Crippen LogP contribution is -2.60. The number of hydrogen-bond donors (Lipinski definition) is 6. The number of unbranched alkanes of at least 4 members (excludes halogenated alkanes) is 21. The molecule has 1 amide bonds. The Kier molecular flexibility index (Phi) is 29.7. The van der Waals surface area contributed by atoms with Crippen LogP contribution in [0.3, 0.4) is 0 Å². The van der Waals surface area contributed by atoms with Crippen LogP contribution in [0.2, 0.25) is 0 Å². The maximum absolute atomic E-state index is 12.9. The quantitative estimate of drug-likeness (QED) is 0.0307. The summed E-state index contributed by atoms with van der Waals surface area (Å²) < 4.78 is 11.2. The molecule has 9 nitrogen and oxygen atoms in total. The zero-order valence-corrected chi connectivity index (χ0v) is 31.5. The molecule has 49 heavy (non-hydrogen) atoms. The van der Waals surface area contributed by atoms with Crippen molar-refractivity contribution in [3.05, 3.63) is 12.2 Å². The molecule has 7 unspecified atom stereocenters. The van der Waals surface area contributed by atoms with E-state index in [-0.39, 0.29) is 12.5 Å². The fourth-order valence-electron chi connectivity index (χ4n) is 6.51. The molecule has 0 bridgehead atoms. The number of ether oxygens (including phenoxy) is 2. The third-order valence-corrected chi connectivity index (χ3v) is 9.87. The number of rotatable bonds is 33. The van der Waals surface area contributed by atoms with E-state index < -0.39 is 49.5 Å². The highest BCUT2D eigenvalue weighted by Gasteiger charge is 2.44. The predicted octanol–water partition coefficient (Wildman–Crippen LogP) is 7.39. The molecule has 0 spiro atoms. The van der Waals surface area contributed by atoms with Gasteiger partial charge in [-0.2, -0.15) is 0 Å². The first-order valence-electron chi connectivity index (χ1n) is 20.4. The Balaban J connectivity index is 2.41. The molecule has 9 heteroatoms. The van der Waals surface area contributed by atoms with Gasteiger partial charge in [-0.25, -0.2) is 0 Å². The van der Waals surface area contributed by atoms with Crippen molar-refractivity contribution in [2.75, 3.05) is 13.2 Å². The van der Waals surface area contributed by atoms with Crippen molar-refractivity contribution in [2.24, 2.45) is 0 Å². The summed E-state index contributed by atoms with van der Waals surface area (Å²) in [6.07, 6.45) is 26.4. The SMILES string of the molecule is CCCCCCCC/C=C\CCCCCC(=O)NC(COC1OC(CO)C(O)C(O)C1O)C(O)CCCCCCCCCCCCCCC. The minimum absolute atomic E-state index is 0.141. The van der Waals surface area contributed by atoms with Gasteiger partial charge in [0.05, 0.1) is 25.4 Å². The standard InChI is InChI=1S/C40H77NO8/c1-3-5-7-9-11-13-15-17-19-21-23-25-27-29-34(43)33(32-48-40-39(47)38(46)37(45)35(31-42)49-40)41-36(44)30-28-26-24-22-20-18-16-14-12-10-8-6-4-2/h18,20,33-35,37-40,42-43,45-47H,3-17,19,21-32H2,1-2H3,(H,41,44)/b20-18-. The molecule has 0 aromatic rings. The second-order valence-electron chi connectivity index (χ2n) is 14.4. The number of amides is 1. The monoisotopic (exact) mass is 700 g/mol. The maximum atomic E-state index is 12.9. The van der Waals surface area contributed by atoms with E-state index in [2.05, 4.69) is 31.3 Å². The molecule has 1 heterocycles. The van der Waals surface area contributed by atoms with Gasteiger partial charge in [0.25, 0.3) is 0 Å². The van der Waals surface area contributed by atoms with Gasteiger partial charge in [0.15, 0.2) is 6.29 Å². The molecule has 0 aromatic heterocycles. The van der Waals surface area contributed by atoms with E-state index in [9.17, 15) is 30.3 Å². The van der Waals surface area contributed by atoms with Gasteiger partial charge >= 0.3 is 0 Å². The van der Waals surface area contributed by atoms with Gasteiger partial charge in [-0.05, 0) is 38.5 Å². The number of allylic oxidation sites excluding steroid dienone is 2. The first kappa shape index (κ1) is 46.0. The van der Waals surface area contributed by atoms with Crippen LogP contribution in [0, 0.1) is 0 Å². The van der Waals surface area contributed by atoms with Crippen molar-refractivity contribution in [2.45, 2.75) is 224 Å². The zero-order valence-electron chi connectivity index (χ0n) is 31.5. The average Bonchev–Trinajstić information content (AvgIpc) is 3.10. The highest BCUT2D eigenvalue weighted by atomic mass is 16.7. The Morgan fingerprint density at radius 2 is 1.14 bits per heavy atom. The highest BCUT2D eigenvalue weighted by Crippen LogP contribution is 2.23. The van der Waals surface area contributed by atoms with Crippen molar-refractivity contribution in [1.29, 1.82) is 0 Å². The lowest BCUT2D eigenvalue weighted by Gasteiger charge is -2.40. The number of hydrogen-bond acceptors (Lipinski definition) is 8. The highest BCUT2D eigenvalue weighted by molar-refractivity contribution is 5.76. The van der Waals surface area contributed by atoms with Crippen LogP contribution < -0.4 is 5.32 Å². The number of nitrogens with one attached hydrogen (secondary N) is 1. The Labute approximate surface area is 299 Å². The van der Waals surface area contributed by atoms with Gasteiger partial charge in [-0.15, -0.1) is 0 Å². The number of aliphatic hydroxyl groups excluding tert-OH is 5. The van der Waals surface area contributed by atoms with Crippen molar-refractivity contribution < 1.29 is 39.8 Å². The molecular weight excluding hydrogens is 622 g/mol. The first-order chi connectivity index (χ1) is 23.8.